The van der Waals surface area contributed by atoms with E-state index >= 15 is 0 Å². The average Bonchev–Trinajstić information content (AvgIpc) is 3.19. The number of carbonyl (C=O) groups is 1. The molecular weight excluding hydrogens is 508 g/mol. The highest BCUT2D eigenvalue weighted by Gasteiger charge is 2.18. The van der Waals surface area contributed by atoms with Crippen LogP contribution in [0.4, 0.5) is 5.69 Å². The second kappa shape index (κ2) is 9.90. The molecule has 1 N–H and O–H groups in total. The largest absolute Gasteiger partial charge is 0.324 e. The number of benzene rings is 3. The molecule has 0 aliphatic carbocycles. The molecule has 0 saturated heterocycles. The van der Waals surface area contributed by atoms with E-state index in [0.717, 1.165) is 32.5 Å². The number of thioether (sulfide) groups is 1. The molecule has 0 bridgehead atoms. The summed E-state index contributed by atoms with van der Waals surface area (Å²) in [5, 5.41) is 13.0. The van der Waals surface area contributed by atoms with Crippen molar-refractivity contribution in [2.45, 2.75) is 19.0 Å². The molecule has 1 heterocycles. The number of carbonyl (C=O) groups excluding carboxylic acids is 1. The van der Waals surface area contributed by atoms with E-state index in [9.17, 15) is 4.79 Å². The second-order valence-corrected chi connectivity index (χ2v) is 9.54. The van der Waals surface area contributed by atoms with Crippen LogP contribution in [-0.4, -0.2) is 26.4 Å². The molecule has 4 rings (SSSR count). The molecular formula is C24H20BrClN4OS. The maximum Gasteiger partial charge on any atom is 0.234 e. The summed E-state index contributed by atoms with van der Waals surface area (Å²) in [6.45, 7) is 4.04. The summed E-state index contributed by atoms with van der Waals surface area (Å²) in [5.41, 5.74) is 4.80. The van der Waals surface area contributed by atoms with Crippen molar-refractivity contribution in [3.05, 3.63) is 87.4 Å². The first-order chi connectivity index (χ1) is 15.4. The lowest BCUT2D eigenvalue weighted by molar-refractivity contribution is -0.113. The molecule has 4 aromatic rings. The number of anilines is 1. The predicted molar refractivity (Wildman–Crippen MR) is 135 cm³/mol. The highest BCUT2D eigenvalue weighted by Crippen LogP contribution is 2.29. The Morgan fingerprint density at radius 3 is 2.50 bits per heavy atom. The van der Waals surface area contributed by atoms with Crippen LogP contribution < -0.4 is 5.32 Å². The van der Waals surface area contributed by atoms with Gasteiger partial charge in [-0.2, -0.15) is 0 Å². The summed E-state index contributed by atoms with van der Waals surface area (Å²) in [7, 11) is 0. The molecule has 0 fully saturated rings. The van der Waals surface area contributed by atoms with Crippen molar-refractivity contribution in [3.8, 4) is 17.1 Å². The molecule has 0 saturated carbocycles. The minimum Gasteiger partial charge on any atom is -0.324 e. The molecule has 0 atom stereocenters. The lowest BCUT2D eigenvalue weighted by Crippen LogP contribution is -2.15. The Bertz CT molecular complexity index is 1270. The lowest BCUT2D eigenvalue weighted by Gasteiger charge is -2.12. The lowest BCUT2D eigenvalue weighted by atomic mass is 10.2. The molecule has 32 heavy (non-hydrogen) atoms. The Balaban J connectivity index is 1.60. The van der Waals surface area contributed by atoms with Crippen LogP contribution in [0.25, 0.3) is 17.1 Å². The van der Waals surface area contributed by atoms with E-state index in [2.05, 4.69) is 37.5 Å². The fourth-order valence-corrected chi connectivity index (χ4v) is 4.66. The molecule has 1 amide bonds. The van der Waals surface area contributed by atoms with Crippen LogP contribution >= 0.6 is 39.3 Å². The number of aryl methyl sites for hydroxylation is 2. The molecule has 162 valence electrons. The van der Waals surface area contributed by atoms with Gasteiger partial charge in [0.1, 0.15) is 0 Å². The zero-order valence-electron chi connectivity index (χ0n) is 17.5. The van der Waals surface area contributed by atoms with Gasteiger partial charge in [-0.15, -0.1) is 10.2 Å². The average molecular weight is 528 g/mol. The van der Waals surface area contributed by atoms with Gasteiger partial charge in [-0.05, 0) is 89.4 Å². The molecule has 0 aliphatic heterocycles. The van der Waals surface area contributed by atoms with Crippen molar-refractivity contribution in [2.24, 2.45) is 0 Å². The van der Waals surface area contributed by atoms with Gasteiger partial charge in [0.15, 0.2) is 11.0 Å². The smallest absolute Gasteiger partial charge is 0.234 e. The summed E-state index contributed by atoms with van der Waals surface area (Å²) in [4.78, 5) is 12.6. The molecule has 5 nitrogen and oxygen atoms in total. The van der Waals surface area contributed by atoms with Crippen molar-refractivity contribution >= 4 is 50.9 Å². The van der Waals surface area contributed by atoms with Crippen molar-refractivity contribution < 1.29 is 4.79 Å². The first-order valence-corrected chi connectivity index (χ1v) is 12.0. The number of amides is 1. The quantitative estimate of drug-likeness (QED) is 0.284. The fourth-order valence-electron chi connectivity index (χ4n) is 3.19. The van der Waals surface area contributed by atoms with Crippen molar-refractivity contribution in [3.63, 3.8) is 0 Å². The van der Waals surface area contributed by atoms with Crippen molar-refractivity contribution in [1.82, 2.24) is 14.8 Å². The first-order valence-electron chi connectivity index (χ1n) is 9.88. The number of nitrogens with one attached hydrogen (secondary N) is 1. The van der Waals surface area contributed by atoms with E-state index in [4.69, 9.17) is 11.6 Å². The molecule has 0 unspecified atom stereocenters. The molecule has 0 radical (unpaired) electrons. The number of aromatic nitrogens is 3. The van der Waals surface area contributed by atoms with Crippen LogP contribution in [0.1, 0.15) is 11.1 Å². The van der Waals surface area contributed by atoms with Gasteiger partial charge in [-0.3, -0.25) is 9.36 Å². The zero-order valence-corrected chi connectivity index (χ0v) is 20.6. The predicted octanol–water partition coefficient (Wildman–Crippen LogP) is 6.70. The van der Waals surface area contributed by atoms with Gasteiger partial charge in [0.25, 0.3) is 0 Å². The minimum atomic E-state index is -0.119. The van der Waals surface area contributed by atoms with Crippen LogP contribution in [-0.2, 0) is 4.79 Å². The topological polar surface area (TPSA) is 59.8 Å². The third kappa shape index (κ3) is 5.23. The van der Waals surface area contributed by atoms with Gasteiger partial charge in [0.2, 0.25) is 5.91 Å². The SMILES string of the molecule is Cc1cccc(-n2c(SCC(=O)Nc3ccc(C)cc3Br)nnc2-c2ccc(Cl)cc2)c1. The summed E-state index contributed by atoms with van der Waals surface area (Å²) in [6.07, 6.45) is 0. The molecule has 8 heteroatoms. The molecule has 0 aliphatic rings. The van der Waals surface area contributed by atoms with Crippen LogP contribution in [0, 0.1) is 13.8 Å². The monoisotopic (exact) mass is 526 g/mol. The summed E-state index contributed by atoms with van der Waals surface area (Å²) in [5.74, 6) is 0.771. The highest BCUT2D eigenvalue weighted by molar-refractivity contribution is 9.10. The normalized spacial score (nSPS) is 10.9. The number of nitrogens with zero attached hydrogens (tertiary/aromatic N) is 3. The van der Waals surface area contributed by atoms with Gasteiger partial charge in [-0.1, -0.05) is 41.6 Å². The maximum absolute atomic E-state index is 12.6. The molecule has 0 spiro atoms. The zero-order chi connectivity index (χ0) is 22.7. The fraction of sp³-hybridized carbons (Fsp3) is 0.125. The highest BCUT2D eigenvalue weighted by atomic mass is 79.9. The van der Waals surface area contributed by atoms with Gasteiger partial charge in [-0.25, -0.2) is 0 Å². The number of rotatable bonds is 6. The van der Waals surface area contributed by atoms with Crippen molar-refractivity contribution in [1.29, 1.82) is 0 Å². The first kappa shape index (κ1) is 22.6. The van der Waals surface area contributed by atoms with Crippen LogP contribution in [0.3, 0.4) is 0 Å². The van der Waals surface area contributed by atoms with Gasteiger partial charge < -0.3 is 5.32 Å². The van der Waals surface area contributed by atoms with E-state index in [1.807, 2.05) is 79.1 Å². The number of hydrogen-bond acceptors (Lipinski definition) is 4. The van der Waals surface area contributed by atoms with Crippen LogP contribution in [0.5, 0.6) is 0 Å². The summed E-state index contributed by atoms with van der Waals surface area (Å²) < 4.78 is 2.82. The Kier molecular flexibility index (Phi) is 6.98. The third-order valence-corrected chi connectivity index (χ3v) is 6.56. The number of halogens is 2. The van der Waals surface area contributed by atoms with E-state index in [0.29, 0.717) is 16.0 Å². The Morgan fingerprint density at radius 1 is 1.03 bits per heavy atom. The molecule has 3 aromatic carbocycles. The third-order valence-electron chi connectivity index (χ3n) is 4.73. The Hall–Kier alpha value is -2.61. The summed E-state index contributed by atoms with van der Waals surface area (Å²) >= 11 is 10.9. The van der Waals surface area contributed by atoms with E-state index in [1.54, 1.807) is 0 Å². The van der Waals surface area contributed by atoms with Crippen LogP contribution in [0.2, 0.25) is 5.02 Å². The van der Waals surface area contributed by atoms with Gasteiger partial charge in [0.05, 0.1) is 11.4 Å². The van der Waals surface area contributed by atoms with Gasteiger partial charge >= 0.3 is 0 Å². The maximum atomic E-state index is 12.6. The summed E-state index contributed by atoms with van der Waals surface area (Å²) in [6, 6.07) is 21.4. The Labute approximate surface area is 204 Å². The minimum absolute atomic E-state index is 0.119. The standard InChI is InChI=1S/C24H20BrClN4OS/c1-15-4-3-5-19(12-15)30-23(17-7-9-18(26)10-8-17)28-29-24(30)32-14-22(31)27-21-11-6-16(2)13-20(21)25/h3-13H,14H2,1-2H3,(H,27,31). The van der Waals surface area contributed by atoms with E-state index in [-0.39, 0.29) is 11.7 Å². The second-order valence-electron chi connectivity index (χ2n) is 7.31. The van der Waals surface area contributed by atoms with Crippen molar-refractivity contribution in [2.75, 3.05) is 11.1 Å². The van der Waals surface area contributed by atoms with E-state index < -0.39 is 0 Å². The van der Waals surface area contributed by atoms with E-state index in [1.165, 1.54) is 11.8 Å². The molecule has 1 aromatic heterocycles. The number of hydrogen-bond donors (Lipinski definition) is 1. The van der Waals surface area contributed by atoms with Crippen LogP contribution in [0.15, 0.2) is 76.4 Å². The Morgan fingerprint density at radius 2 is 1.78 bits per heavy atom. The van der Waals surface area contributed by atoms with Gasteiger partial charge in [0, 0.05) is 20.7 Å².